The Hall–Kier alpha value is -1.22. The number of ether oxygens (including phenoxy) is 2. The van der Waals surface area contributed by atoms with Gasteiger partial charge < -0.3 is 9.47 Å². The first-order valence-corrected chi connectivity index (χ1v) is 9.49. The zero-order valence-corrected chi connectivity index (χ0v) is 17.4. The van der Waals surface area contributed by atoms with Crippen molar-refractivity contribution >= 4 is 51.5 Å². The number of carbonyl (C=O) groups excluding carboxylic acids is 1. The van der Waals surface area contributed by atoms with E-state index < -0.39 is 0 Å². The highest BCUT2D eigenvalue weighted by molar-refractivity contribution is 14.1. The fraction of sp³-hybridized carbons (Fsp3) is 0.412. The van der Waals surface area contributed by atoms with E-state index in [1.165, 1.54) is 11.8 Å². The van der Waals surface area contributed by atoms with Gasteiger partial charge in [0, 0.05) is 14.1 Å². The van der Waals surface area contributed by atoms with E-state index in [9.17, 15) is 4.79 Å². The quantitative estimate of drug-likeness (QED) is 0.493. The predicted molar refractivity (Wildman–Crippen MR) is 108 cm³/mol. The van der Waals surface area contributed by atoms with Gasteiger partial charge in [0.25, 0.3) is 5.91 Å². The minimum atomic E-state index is -0.0468. The van der Waals surface area contributed by atoms with Gasteiger partial charge in [0.05, 0.1) is 21.7 Å². The molecule has 0 saturated carbocycles. The Morgan fingerprint density at radius 3 is 2.71 bits per heavy atom. The van der Waals surface area contributed by atoms with E-state index >= 15 is 0 Å². The second-order valence-electron chi connectivity index (χ2n) is 5.35. The normalized spacial score (nSPS) is 19.2. The summed E-state index contributed by atoms with van der Waals surface area (Å²) >= 11 is 3.60. The highest BCUT2D eigenvalue weighted by atomic mass is 127. The first kappa shape index (κ1) is 19.1. The molecule has 0 bridgehead atoms. The molecule has 1 atom stereocenters. The maximum atomic E-state index is 12.3. The molecule has 0 N–H and O–H groups in total. The number of hydrogen-bond donors (Lipinski definition) is 0. The number of nitrogens with zero attached hydrogens (tertiary/aromatic N) is 2. The monoisotopic (exact) mass is 460 g/mol. The smallest absolute Gasteiger partial charge is 0.266 e. The van der Waals surface area contributed by atoms with Crippen molar-refractivity contribution in [2.24, 2.45) is 4.99 Å². The average Bonchev–Trinajstić information content (AvgIpc) is 2.84. The van der Waals surface area contributed by atoms with Crippen LogP contribution in [-0.4, -0.2) is 43.3 Å². The summed E-state index contributed by atoms with van der Waals surface area (Å²) < 4.78 is 12.4. The number of amides is 1. The molecule has 1 heterocycles. The standard InChI is InChI=1S/C17H21IN2O3S/c1-6-10(2)23-15-12(18)7-11(8-13(15)22-5)9-14-16(21)20(4)17(19-3)24-14/h7-10H,6H2,1-5H3/b14-9-,19-17?/t10-/m1/s1. The lowest BCUT2D eigenvalue weighted by Gasteiger charge is -2.17. The van der Waals surface area contributed by atoms with E-state index in [4.69, 9.17) is 9.47 Å². The second kappa shape index (κ2) is 8.24. The van der Waals surface area contributed by atoms with Gasteiger partial charge in [0.1, 0.15) is 0 Å². The van der Waals surface area contributed by atoms with Crippen molar-refractivity contribution in [1.82, 2.24) is 4.90 Å². The molecule has 0 spiro atoms. The van der Waals surface area contributed by atoms with E-state index in [0.29, 0.717) is 15.8 Å². The lowest BCUT2D eigenvalue weighted by atomic mass is 10.1. The molecule has 24 heavy (non-hydrogen) atoms. The van der Waals surface area contributed by atoms with Crippen LogP contribution in [0.4, 0.5) is 0 Å². The Morgan fingerprint density at radius 2 is 2.17 bits per heavy atom. The fourth-order valence-electron chi connectivity index (χ4n) is 2.12. The van der Waals surface area contributed by atoms with Crippen LogP contribution in [0, 0.1) is 3.57 Å². The van der Waals surface area contributed by atoms with Crippen LogP contribution in [-0.2, 0) is 4.79 Å². The fourth-order valence-corrected chi connectivity index (χ4v) is 3.80. The summed E-state index contributed by atoms with van der Waals surface area (Å²) in [6.07, 6.45) is 2.89. The van der Waals surface area contributed by atoms with Crippen molar-refractivity contribution in [2.45, 2.75) is 26.4 Å². The lowest BCUT2D eigenvalue weighted by molar-refractivity contribution is -0.121. The van der Waals surface area contributed by atoms with Crippen molar-refractivity contribution in [3.05, 3.63) is 26.2 Å². The molecule has 1 amide bonds. The maximum absolute atomic E-state index is 12.3. The molecule has 0 radical (unpaired) electrons. The number of amidine groups is 1. The van der Waals surface area contributed by atoms with Crippen LogP contribution < -0.4 is 9.47 Å². The first-order chi connectivity index (χ1) is 11.4. The third-order valence-electron chi connectivity index (χ3n) is 3.64. The number of hydrogen-bond acceptors (Lipinski definition) is 5. The topological polar surface area (TPSA) is 51.1 Å². The molecule has 1 fully saturated rings. The zero-order chi connectivity index (χ0) is 17.9. The van der Waals surface area contributed by atoms with Gasteiger partial charge in [-0.15, -0.1) is 0 Å². The summed E-state index contributed by atoms with van der Waals surface area (Å²) in [5, 5.41) is 0.699. The molecule has 130 valence electrons. The van der Waals surface area contributed by atoms with Crippen LogP contribution in [0.1, 0.15) is 25.8 Å². The van der Waals surface area contributed by atoms with Gasteiger partial charge in [-0.05, 0) is 71.5 Å². The number of aliphatic imine (C=N–C) groups is 1. The van der Waals surface area contributed by atoms with Crippen LogP contribution in [0.3, 0.4) is 0 Å². The summed E-state index contributed by atoms with van der Waals surface area (Å²) in [6.45, 7) is 4.11. The minimum Gasteiger partial charge on any atom is -0.493 e. The highest BCUT2D eigenvalue weighted by Gasteiger charge is 2.29. The van der Waals surface area contributed by atoms with Gasteiger partial charge >= 0.3 is 0 Å². The van der Waals surface area contributed by atoms with Crippen LogP contribution in [0.25, 0.3) is 6.08 Å². The molecular weight excluding hydrogens is 439 g/mol. The molecule has 2 rings (SSSR count). The Balaban J connectivity index is 2.38. The van der Waals surface area contributed by atoms with Gasteiger partial charge in [-0.1, -0.05) is 6.92 Å². The highest BCUT2D eigenvalue weighted by Crippen LogP contribution is 2.37. The molecule has 1 aliphatic rings. The number of benzene rings is 1. The summed E-state index contributed by atoms with van der Waals surface area (Å²) in [7, 11) is 5.03. The molecule has 7 heteroatoms. The molecule has 5 nitrogen and oxygen atoms in total. The van der Waals surface area contributed by atoms with Crippen LogP contribution in [0.5, 0.6) is 11.5 Å². The zero-order valence-electron chi connectivity index (χ0n) is 14.4. The molecule has 1 saturated heterocycles. The number of thioether (sulfide) groups is 1. The summed E-state index contributed by atoms with van der Waals surface area (Å²) in [4.78, 5) is 18.6. The second-order valence-corrected chi connectivity index (χ2v) is 7.52. The molecular formula is C17H21IN2O3S. The third-order valence-corrected chi connectivity index (χ3v) is 5.59. The molecule has 1 aliphatic heterocycles. The Morgan fingerprint density at radius 1 is 1.46 bits per heavy atom. The summed E-state index contributed by atoms with van der Waals surface area (Å²) in [5.74, 6) is 1.37. The van der Waals surface area contributed by atoms with Gasteiger partial charge in [-0.25, -0.2) is 0 Å². The number of methoxy groups -OCH3 is 1. The predicted octanol–water partition coefficient (Wildman–Crippen LogP) is 4.01. The number of halogens is 1. The van der Waals surface area contributed by atoms with Crippen LogP contribution in [0.2, 0.25) is 0 Å². The number of likely N-dealkylation sites (N-methyl/N-ethyl adjacent to an activating group) is 1. The Bertz CT molecular complexity index is 703. The van der Waals surface area contributed by atoms with Crippen LogP contribution >= 0.6 is 34.4 Å². The van der Waals surface area contributed by atoms with Crippen LogP contribution in [0.15, 0.2) is 22.0 Å². The van der Waals surface area contributed by atoms with E-state index in [2.05, 4.69) is 34.5 Å². The van der Waals surface area contributed by atoms with Crippen molar-refractivity contribution in [1.29, 1.82) is 0 Å². The lowest BCUT2D eigenvalue weighted by Crippen LogP contribution is -2.23. The van der Waals surface area contributed by atoms with E-state index in [1.54, 1.807) is 26.1 Å². The SMILES string of the molecule is CC[C@@H](C)Oc1c(I)cc(/C=C2\SC(=NC)N(C)C2=O)cc1OC. The first-order valence-electron chi connectivity index (χ1n) is 7.59. The van der Waals surface area contributed by atoms with Crippen molar-refractivity contribution in [3.8, 4) is 11.5 Å². The van der Waals surface area contributed by atoms with E-state index in [-0.39, 0.29) is 12.0 Å². The molecule has 0 aromatic heterocycles. The molecule has 1 aromatic carbocycles. The van der Waals surface area contributed by atoms with E-state index in [0.717, 1.165) is 21.3 Å². The van der Waals surface area contributed by atoms with E-state index in [1.807, 2.05) is 25.1 Å². The molecule has 0 unspecified atom stereocenters. The molecule has 1 aromatic rings. The third kappa shape index (κ3) is 4.05. The summed E-state index contributed by atoms with van der Waals surface area (Å²) in [5.41, 5.74) is 0.898. The minimum absolute atomic E-state index is 0.0468. The van der Waals surface area contributed by atoms with Crippen molar-refractivity contribution in [2.75, 3.05) is 21.2 Å². The van der Waals surface area contributed by atoms with Gasteiger partial charge in [-0.3, -0.25) is 14.7 Å². The van der Waals surface area contributed by atoms with Gasteiger partial charge in [0.2, 0.25) is 0 Å². The number of rotatable bonds is 5. The Kier molecular flexibility index (Phi) is 6.56. The maximum Gasteiger partial charge on any atom is 0.266 e. The van der Waals surface area contributed by atoms with Crippen molar-refractivity contribution in [3.63, 3.8) is 0 Å². The summed E-state index contributed by atoms with van der Waals surface area (Å²) in [6, 6.07) is 3.88. The Labute approximate surface area is 160 Å². The van der Waals surface area contributed by atoms with Crippen molar-refractivity contribution < 1.29 is 14.3 Å². The average molecular weight is 460 g/mol. The molecule has 0 aliphatic carbocycles. The van der Waals surface area contributed by atoms with Gasteiger partial charge in [-0.2, -0.15) is 0 Å². The van der Waals surface area contributed by atoms with Gasteiger partial charge in [0.15, 0.2) is 16.7 Å². The largest absolute Gasteiger partial charge is 0.493 e. The number of carbonyl (C=O) groups is 1.